The molecule has 0 aliphatic rings. The average Bonchev–Trinajstić information content (AvgIpc) is 2.10. The summed E-state index contributed by atoms with van der Waals surface area (Å²) in [6, 6.07) is 4.81. The molecule has 3 heteroatoms. The van der Waals surface area contributed by atoms with Crippen molar-refractivity contribution in [1.29, 1.82) is 0 Å². The van der Waals surface area contributed by atoms with Crippen molar-refractivity contribution in [3.63, 3.8) is 0 Å². The number of benzene rings is 1. The lowest BCUT2D eigenvalue weighted by Gasteiger charge is -2.08. The third kappa shape index (κ3) is 2.36. The zero-order valence-electron chi connectivity index (χ0n) is 7.99. The first-order chi connectivity index (χ1) is 6.65. The van der Waals surface area contributed by atoms with Crippen LogP contribution in [-0.2, 0) is 11.2 Å². The van der Waals surface area contributed by atoms with E-state index >= 15 is 0 Å². The summed E-state index contributed by atoms with van der Waals surface area (Å²) >= 11 is 0. The standard InChI is InChI=1S/C11H12O3/c1-3-5-9-10(13)6-4-7-11(9)14-8(2)12/h3-4,6-7,13H,1,5H2,2H3. The second-order valence-corrected chi connectivity index (χ2v) is 2.84. The van der Waals surface area contributed by atoms with Crippen molar-refractivity contribution in [1.82, 2.24) is 0 Å². The number of esters is 1. The first-order valence-electron chi connectivity index (χ1n) is 4.25. The van der Waals surface area contributed by atoms with Gasteiger partial charge in [-0.25, -0.2) is 0 Å². The highest BCUT2D eigenvalue weighted by Crippen LogP contribution is 2.28. The summed E-state index contributed by atoms with van der Waals surface area (Å²) in [5.74, 6) is 0.0990. The lowest BCUT2D eigenvalue weighted by molar-refractivity contribution is -0.131. The van der Waals surface area contributed by atoms with Gasteiger partial charge in [-0.2, -0.15) is 0 Å². The fourth-order valence-corrected chi connectivity index (χ4v) is 1.15. The van der Waals surface area contributed by atoms with Gasteiger partial charge in [-0.15, -0.1) is 6.58 Å². The summed E-state index contributed by atoms with van der Waals surface area (Å²) in [6.45, 7) is 4.89. The molecule has 0 saturated carbocycles. The highest BCUT2D eigenvalue weighted by molar-refractivity contribution is 5.70. The molecule has 0 amide bonds. The Morgan fingerprint density at radius 2 is 2.36 bits per heavy atom. The van der Waals surface area contributed by atoms with Gasteiger partial charge in [0.1, 0.15) is 11.5 Å². The van der Waals surface area contributed by atoms with Crippen LogP contribution in [0.5, 0.6) is 11.5 Å². The number of ether oxygens (including phenoxy) is 1. The maximum Gasteiger partial charge on any atom is 0.308 e. The number of allylic oxidation sites excluding steroid dienone is 1. The zero-order chi connectivity index (χ0) is 10.6. The molecule has 0 fully saturated rings. The molecule has 0 atom stereocenters. The van der Waals surface area contributed by atoms with Crippen molar-refractivity contribution in [2.45, 2.75) is 13.3 Å². The van der Waals surface area contributed by atoms with Crippen molar-refractivity contribution >= 4 is 5.97 Å². The van der Waals surface area contributed by atoms with Crippen LogP contribution >= 0.6 is 0 Å². The van der Waals surface area contributed by atoms with Crippen molar-refractivity contribution in [2.24, 2.45) is 0 Å². The SMILES string of the molecule is C=CCc1c(O)cccc1OC(C)=O. The largest absolute Gasteiger partial charge is 0.508 e. The van der Waals surface area contributed by atoms with Gasteiger partial charge in [0.15, 0.2) is 0 Å². The Morgan fingerprint density at radius 3 is 2.93 bits per heavy atom. The quantitative estimate of drug-likeness (QED) is 0.453. The van der Waals surface area contributed by atoms with Crippen LogP contribution in [0, 0.1) is 0 Å². The molecule has 1 N–H and O–H groups in total. The number of rotatable bonds is 3. The van der Waals surface area contributed by atoms with Crippen LogP contribution in [0.1, 0.15) is 12.5 Å². The summed E-state index contributed by atoms with van der Waals surface area (Å²) in [7, 11) is 0. The Hall–Kier alpha value is -1.77. The van der Waals surface area contributed by atoms with Gasteiger partial charge < -0.3 is 9.84 Å². The van der Waals surface area contributed by atoms with Gasteiger partial charge in [-0.3, -0.25) is 4.79 Å². The van der Waals surface area contributed by atoms with Gasteiger partial charge in [0.2, 0.25) is 0 Å². The van der Waals surface area contributed by atoms with E-state index in [1.807, 2.05) is 0 Å². The van der Waals surface area contributed by atoms with Gasteiger partial charge in [-0.05, 0) is 18.6 Å². The van der Waals surface area contributed by atoms with E-state index in [2.05, 4.69) is 6.58 Å². The summed E-state index contributed by atoms with van der Waals surface area (Å²) in [4.78, 5) is 10.8. The molecule has 1 rings (SSSR count). The van der Waals surface area contributed by atoms with Gasteiger partial charge in [0.05, 0.1) is 0 Å². The molecule has 0 radical (unpaired) electrons. The van der Waals surface area contributed by atoms with Crippen LogP contribution < -0.4 is 4.74 Å². The van der Waals surface area contributed by atoms with Crippen LogP contribution in [0.3, 0.4) is 0 Å². The van der Waals surface area contributed by atoms with Gasteiger partial charge >= 0.3 is 5.97 Å². The van der Waals surface area contributed by atoms with Gasteiger partial charge in [-0.1, -0.05) is 12.1 Å². The molecular weight excluding hydrogens is 180 g/mol. The van der Waals surface area contributed by atoms with E-state index in [1.54, 1.807) is 24.3 Å². The molecule has 0 aromatic heterocycles. The lowest BCUT2D eigenvalue weighted by atomic mass is 10.1. The number of hydrogen-bond donors (Lipinski definition) is 1. The number of hydrogen-bond acceptors (Lipinski definition) is 3. The van der Waals surface area contributed by atoms with Crippen molar-refractivity contribution in [3.8, 4) is 11.5 Å². The minimum atomic E-state index is -0.402. The van der Waals surface area contributed by atoms with Crippen molar-refractivity contribution in [3.05, 3.63) is 36.4 Å². The predicted molar refractivity (Wildman–Crippen MR) is 53.3 cm³/mol. The average molecular weight is 192 g/mol. The van der Waals surface area contributed by atoms with Crippen LogP contribution in [0.25, 0.3) is 0 Å². The van der Waals surface area contributed by atoms with Gasteiger partial charge in [0.25, 0.3) is 0 Å². The number of phenols is 1. The number of carbonyl (C=O) groups excluding carboxylic acids is 1. The summed E-state index contributed by atoms with van der Waals surface area (Å²) in [6.07, 6.45) is 2.11. The molecule has 0 spiro atoms. The van der Waals surface area contributed by atoms with E-state index in [9.17, 15) is 9.90 Å². The van der Waals surface area contributed by atoms with Gasteiger partial charge in [0, 0.05) is 12.5 Å². The van der Waals surface area contributed by atoms with Crippen LogP contribution in [0.2, 0.25) is 0 Å². The molecule has 0 heterocycles. The second kappa shape index (κ2) is 4.46. The molecular formula is C11H12O3. The molecule has 14 heavy (non-hydrogen) atoms. The van der Waals surface area contributed by atoms with E-state index in [4.69, 9.17) is 4.74 Å². The maximum absolute atomic E-state index is 10.8. The first kappa shape index (κ1) is 10.3. The Labute approximate surface area is 82.6 Å². The fraction of sp³-hybridized carbons (Fsp3) is 0.182. The predicted octanol–water partition coefficient (Wildman–Crippen LogP) is 2.05. The first-order valence-corrected chi connectivity index (χ1v) is 4.25. The van der Waals surface area contributed by atoms with Crippen LogP contribution in [0.15, 0.2) is 30.9 Å². The molecule has 0 unspecified atom stereocenters. The maximum atomic E-state index is 10.8. The summed E-state index contributed by atoms with van der Waals surface area (Å²) < 4.78 is 4.93. The fourth-order valence-electron chi connectivity index (χ4n) is 1.15. The molecule has 0 saturated heterocycles. The van der Waals surface area contributed by atoms with Crippen molar-refractivity contribution < 1.29 is 14.6 Å². The molecule has 0 aliphatic heterocycles. The number of aromatic hydroxyl groups is 1. The van der Waals surface area contributed by atoms with E-state index in [-0.39, 0.29) is 5.75 Å². The minimum absolute atomic E-state index is 0.114. The van der Waals surface area contributed by atoms with E-state index < -0.39 is 5.97 Å². The smallest absolute Gasteiger partial charge is 0.308 e. The third-order valence-corrected chi connectivity index (χ3v) is 1.71. The number of carbonyl (C=O) groups is 1. The second-order valence-electron chi connectivity index (χ2n) is 2.84. The van der Waals surface area contributed by atoms with E-state index in [0.29, 0.717) is 17.7 Å². The molecule has 3 nitrogen and oxygen atoms in total. The monoisotopic (exact) mass is 192 g/mol. The normalized spacial score (nSPS) is 9.50. The minimum Gasteiger partial charge on any atom is -0.508 e. The molecule has 1 aromatic carbocycles. The summed E-state index contributed by atoms with van der Waals surface area (Å²) in [5, 5.41) is 9.50. The Kier molecular flexibility index (Phi) is 3.29. The molecule has 0 aliphatic carbocycles. The molecule has 74 valence electrons. The van der Waals surface area contributed by atoms with Crippen molar-refractivity contribution in [2.75, 3.05) is 0 Å². The molecule has 0 bridgehead atoms. The Morgan fingerprint density at radius 1 is 1.64 bits per heavy atom. The zero-order valence-corrected chi connectivity index (χ0v) is 7.99. The van der Waals surface area contributed by atoms with E-state index in [0.717, 1.165) is 0 Å². The topological polar surface area (TPSA) is 46.5 Å². The Bertz CT molecular complexity index is 356. The summed E-state index contributed by atoms with van der Waals surface area (Å²) in [5.41, 5.74) is 0.581. The highest BCUT2D eigenvalue weighted by atomic mass is 16.5. The van der Waals surface area contributed by atoms with Crippen LogP contribution in [-0.4, -0.2) is 11.1 Å². The van der Waals surface area contributed by atoms with Crippen LogP contribution in [0.4, 0.5) is 0 Å². The lowest BCUT2D eigenvalue weighted by Crippen LogP contribution is -2.03. The van der Waals surface area contributed by atoms with E-state index in [1.165, 1.54) is 6.92 Å². The molecule has 1 aromatic rings. The highest BCUT2D eigenvalue weighted by Gasteiger charge is 2.08. The third-order valence-electron chi connectivity index (χ3n) is 1.71. The number of phenolic OH excluding ortho intramolecular Hbond substituents is 1. The Balaban J connectivity index is 3.06.